The SMILES string of the molecule is CC(C)(CO)C(=O)SCCOP(=O)(NCc1ccccc1)OC[C@H]1O[C@@H](n2ccc(N)nc2=O)[C@@](C)(O)C1O. The number of benzene rings is 1. The van der Waals surface area contributed by atoms with Crippen LogP contribution in [-0.2, 0) is 29.7 Å². The van der Waals surface area contributed by atoms with E-state index in [-0.39, 0.29) is 36.4 Å². The molecule has 39 heavy (non-hydrogen) atoms. The number of nitrogens with zero attached hydrogens (tertiary/aromatic N) is 2. The maximum absolute atomic E-state index is 13.6. The average Bonchev–Trinajstić information content (AvgIpc) is 3.13. The first-order chi connectivity index (χ1) is 18.3. The summed E-state index contributed by atoms with van der Waals surface area (Å²) < 4.78 is 31.5. The van der Waals surface area contributed by atoms with Crippen molar-refractivity contribution in [2.45, 2.75) is 51.4 Å². The van der Waals surface area contributed by atoms with Gasteiger partial charge in [0, 0.05) is 18.5 Å². The lowest BCUT2D eigenvalue weighted by molar-refractivity contribution is -0.119. The first-order valence-corrected chi connectivity index (χ1v) is 14.7. The van der Waals surface area contributed by atoms with Crippen molar-refractivity contribution in [1.29, 1.82) is 0 Å². The first-order valence-electron chi connectivity index (χ1n) is 12.2. The van der Waals surface area contributed by atoms with Gasteiger partial charge in [0.25, 0.3) is 0 Å². The van der Waals surface area contributed by atoms with Crippen LogP contribution in [0.3, 0.4) is 0 Å². The standard InChI is InChI=1S/C24H35N4O9PS/c1-23(2,15-29)21(31)39-12-11-35-38(34,26-13-16-7-5-4-6-8-16)36-14-17-19(30)24(3,33)20(37-17)28-10-9-18(25)27-22(28)32/h4-10,17,19-20,29-30,33H,11-15H2,1-3H3,(H,26,34)(H2,25,27,32)/t17-,19?,20-,24+,38?/m1/s1. The molecule has 0 saturated carbocycles. The molecule has 5 atom stereocenters. The number of thioether (sulfide) groups is 1. The van der Waals surface area contributed by atoms with Gasteiger partial charge in [-0.3, -0.25) is 18.4 Å². The van der Waals surface area contributed by atoms with E-state index in [1.54, 1.807) is 13.8 Å². The molecule has 1 aromatic heterocycles. The van der Waals surface area contributed by atoms with E-state index in [0.29, 0.717) is 0 Å². The Morgan fingerprint density at radius 2 is 2.00 bits per heavy atom. The summed E-state index contributed by atoms with van der Waals surface area (Å²) in [4.78, 5) is 28.2. The van der Waals surface area contributed by atoms with E-state index >= 15 is 0 Å². The highest BCUT2D eigenvalue weighted by Crippen LogP contribution is 2.46. The van der Waals surface area contributed by atoms with Crippen LogP contribution in [0.25, 0.3) is 0 Å². The van der Waals surface area contributed by atoms with Crippen molar-refractivity contribution in [3.05, 3.63) is 58.6 Å². The summed E-state index contributed by atoms with van der Waals surface area (Å²) in [6, 6.07) is 10.4. The Balaban J connectivity index is 1.68. The van der Waals surface area contributed by atoms with Gasteiger partial charge >= 0.3 is 13.4 Å². The fourth-order valence-corrected chi connectivity index (χ4v) is 5.86. The number of hydrogen-bond donors (Lipinski definition) is 5. The van der Waals surface area contributed by atoms with Crippen molar-refractivity contribution in [2.75, 3.05) is 31.3 Å². The van der Waals surface area contributed by atoms with Crippen molar-refractivity contribution < 1.29 is 38.5 Å². The maximum atomic E-state index is 13.6. The second kappa shape index (κ2) is 13.0. The minimum atomic E-state index is -4.02. The van der Waals surface area contributed by atoms with Crippen LogP contribution in [0.4, 0.5) is 5.82 Å². The largest absolute Gasteiger partial charge is 0.405 e. The van der Waals surface area contributed by atoms with E-state index in [0.717, 1.165) is 21.9 Å². The molecule has 1 aromatic carbocycles. The lowest BCUT2D eigenvalue weighted by Gasteiger charge is -2.27. The predicted octanol–water partition coefficient (Wildman–Crippen LogP) is 1.04. The van der Waals surface area contributed by atoms with Crippen molar-refractivity contribution in [3.63, 3.8) is 0 Å². The topological polar surface area (TPSA) is 195 Å². The van der Waals surface area contributed by atoms with Gasteiger partial charge in [0.1, 0.15) is 23.6 Å². The van der Waals surface area contributed by atoms with Gasteiger partial charge in [0.15, 0.2) is 11.3 Å². The van der Waals surface area contributed by atoms with E-state index in [9.17, 15) is 29.5 Å². The summed E-state index contributed by atoms with van der Waals surface area (Å²) in [5, 5.41) is 33.5. The van der Waals surface area contributed by atoms with Gasteiger partial charge in [-0.05, 0) is 32.4 Å². The summed E-state index contributed by atoms with van der Waals surface area (Å²) in [5.41, 5.74) is 2.69. The zero-order valence-corrected chi connectivity index (χ0v) is 23.6. The Kier molecular flexibility index (Phi) is 10.5. The smallest absolute Gasteiger partial charge is 0.395 e. The van der Waals surface area contributed by atoms with Gasteiger partial charge < -0.3 is 25.8 Å². The molecule has 2 aromatic rings. The Labute approximate surface area is 230 Å². The van der Waals surface area contributed by atoms with Crippen LogP contribution in [-0.4, -0.2) is 73.4 Å². The molecule has 0 aliphatic carbocycles. The monoisotopic (exact) mass is 586 g/mol. The van der Waals surface area contributed by atoms with Crippen LogP contribution in [0.2, 0.25) is 0 Å². The third-order valence-electron chi connectivity index (χ3n) is 6.11. The van der Waals surface area contributed by atoms with Crippen molar-refractivity contribution in [2.24, 2.45) is 5.41 Å². The number of anilines is 1. The Bertz CT molecular complexity index is 1230. The molecule has 0 spiro atoms. The molecule has 6 N–H and O–H groups in total. The van der Waals surface area contributed by atoms with Crippen molar-refractivity contribution in [3.8, 4) is 0 Å². The van der Waals surface area contributed by atoms with Gasteiger partial charge in [-0.25, -0.2) is 14.4 Å². The van der Waals surface area contributed by atoms with Crippen LogP contribution in [0.1, 0.15) is 32.6 Å². The van der Waals surface area contributed by atoms with E-state index in [2.05, 4.69) is 10.1 Å². The number of ether oxygens (including phenoxy) is 1. The molecule has 0 amide bonds. The van der Waals surface area contributed by atoms with E-state index in [1.807, 2.05) is 30.3 Å². The quantitative estimate of drug-likeness (QED) is 0.165. The molecule has 13 nitrogen and oxygen atoms in total. The molecule has 3 rings (SSSR count). The molecule has 1 aliphatic heterocycles. The number of aliphatic hydroxyl groups is 3. The molecule has 1 fully saturated rings. The maximum Gasteiger partial charge on any atom is 0.405 e. The fraction of sp³-hybridized carbons (Fsp3) is 0.542. The van der Waals surface area contributed by atoms with E-state index in [4.69, 9.17) is 19.5 Å². The zero-order chi connectivity index (χ0) is 28.8. The summed E-state index contributed by atoms with van der Waals surface area (Å²) in [6.07, 6.45) is -2.75. The van der Waals surface area contributed by atoms with E-state index < -0.39 is 49.5 Å². The van der Waals surface area contributed by atoms with Crippen LogP contribution >= 0.6 is 19.5 Å². The number of aromatic nitrogens is 2. The molecular formula is C24H35N4O9PS. The predicted molar refractivity (Wildman–Crippen MR) is 145 cm³/mol. The minimum absolute atomic E-state index is 0.0170. The molecule has 0 bridgehead atoms. The molecule has 2 heterocycles. The number of aliphatic hydroxyl groups excluding tert-OH is 2. The number of rotatable bonds is 13. The molecule has 216 valence electrons. The lowest BCUT2D eigenvalue weighted by Crippen LogP contribution is -2.46. The van der Waals surface area contributed by atoms with Crippen LogP contribution in [0, 0.1) is 5.41 Å². The van der Waals surface area contributed by atoms with E-state index in [1.165, 1.54) is 19.2 Å². The van der Waals surface area contributed by atoms with Gasteiger partial charge in [-0.1, -0.05) is 42.1 Å². The highest BCUT2D eigenvalue weighted by Gasteiger charge is 2.54. The van der Waals surface area contributed by atoms with Gasteiger partial charge in [-0.15, -0.1) is 0 Å². The molecule has 1 saturated heterocycles. The Morgan fingerprint density at radius 1 is 1.31 bits per heavy atom. The highest BCUT2D eigenvalue weighted by molar-refractivity contribution is 8.13. The minimum Gasteiger partial charge on any atom is -0.395 e. The number of hydrogen-bond acceptors (Lipinski definition) is 12. The number of nitrogens with two attached hydrogens (primary N) is 1. The Morgan fingerprint density at radius 3 is 2.64 bits per heavy atom. The third kappa shape index (κ3) is 7.97. The fourth-order valence-electron chi connectivity index (χ4n) is 3.62. The summed E-state index contributed by atoms with van der Waals surface area (Å²) >= 11 is 0.934. The van der Waals surface area contributed by atoms with Gasteiger partial charge in [0.05, 0.1) is 25.2 Å². The summed E-state index contributed by atoms with van der Waals surface area (Å²) in [6.45, 7) is 3.74. The van der Waals surface area contributed by atoms with Gasteiger partial charge in [0.2, 0.25) is 0 Å². The highest BCUT2D eigenvalue weighted by atomic mass is 32.2. The zero-order valence-electron chi connectivity index (χ0n) is 21.9. The van der Waals surface area contributed by atoms with Crippen molar-refractivity contribution >= 4 is 30.4 Å². The molecule has 0 radical (unpaired) electrons. The molecule has 15 heteroatoms. The first kappa shape index (κ1) is 31.4. The summed E-state index contributed by atoms with van der Waals surface area (Å²) in [7, 11) is -4.02. The summed E-state index contributed by atoms with van der Waals surface area (Å²) in [5.74, 6) is 0.131. The average molecular weight is 587 g/mol. The normalized spacial score (nSPS) is 24.9. The lowest BCUT2D eigenvalue weighted by atomic mass is 9.96. The number of carbonyl (C=O) groups is 1. The number of nitrogen functional groups attached to an aromatic ring is 1. The molecular weight excluding hydrogens is 551 g/mol. The van der Waals surface area contributed by atoms with Crippen LogP contribution < -0.4 is 16.5 Å². The second-order valence-corrected chi connectivity index (χ2v) is 12.8. The molecule has 1 aliphatic rings. The second-order valence-electron chi connectivity index (χ2n) is 9.86. The third-order valence-corrected chi connectivity index (χ3v) is 8.86. The Hall–Kier alpha value is -2.13. The number of carbonyl (C=O) groups excluding carboxylic acids is 1. The van der Waals surface area contributed by atoms with Gasteiger partial charge in [-0.2, -0.15) is 4.98 Å². The van der Waals surface area contributed by atoms with Crippen LogP contribution in [0.5, 0.6) is 0 Å². The van der Waals surface area contributed by atoms with Crippen LogP contribution in [0.15, 0.2) is 47.4 Å². The molecule has 2 unspecified atom stereocenters. The van der Waals surface area contributed by atoms with Crippen molar-refractivity contribution in [1.82, 2.24) is 14.6 Å². The number of nitrogens with one attached hydrogen (secondary N) is 1.